The zero-order valence-corrected chi connectivity index (χ0v) is 19.6. The van der Waals surface area contributed by atoms with Crippen molar-refractivity contribution in [2.24, 2.45) is 14.1 Å². The molecule has 0 aliphatic heterocycles. The van der Waals surface area contributed by atoms with Crippen LogP contribution in [0.25, 0.3) is 22.5 Å². The first-order valence-electron chi connectivity index (χ1n) is 9.13. The summed E-state index contributed by atoms with van der Waals surface area (Å²) in [7, 11) is 3.45. The van der Waals surface area contributed by atoms with Crippen LogP contribution in [0, 0.1) is 35.9 Å². The Labute approximate surface area is 195 Å². The Morgan fingerprint density at radius 1 is 0.719 bits per heavy atom. The van der Waals surface area contributed by atoms with E-state index in [4.69, 9.17) is 0 Å². The Balaban J connectivity index is 0.00000289. The molecule has 0 atom stereocenters. The van der Waals surface area contributed by atoms with Crippen molar-refractivity contribution in [1.82, 2.24) is 29.1 Å². The SMILES string of the molecule is Cn1cc(-c2[c-]cc(F)nc2F)nc1C(C)(C)c1nc(-c2[c-]cc(F)nc2F)cn1C.[Pt+2]. The standard InChI is InChI=1S/C21H16F4N6.Pt/c1-21(2,19-26-13(9-30(19)3)11-5-7-15(22)28-17(11)24)20-27-14(10-31(20)4)12-6-8-16(23)29-18(12)25;/h7-10H,1-4H3;/q-2;+2. The molecule has 0 aliphatic carbocycles. The zero-order chi connectivity index (χ0) is 22.5. The first-order chi connectivity index (χ1) is 14.6. The van der Waals surface area contributed by atoms with Gasteiger partial charge in [0.15, 0.2) is 0 Å². The van der Waals surface area contributed by atoms with Gasteiger partial charge in [0.1, 0.15) is 35.4 Å². The molecular weight excluding hydrogens is 607 g/mol. The minimum absolute atomic E-state index is 0. The number of hydrogen-bond donors (Lipinski definition) is 0. The molecule has 0 fully saturated rings. The van der Waals surface area contributed by atoms with Crippen molar-refractivity contribution < 1.29 is 38.6 Å². The maximum Gasteiger partial charge on any atom is 2.00 e. The average Bonchev–Trinajstić information content (AvgIpc) is 3.25. The third kappa shape index (κ3) is 4.11. The first kappa shape index (κ1) is 23.8. The molecule has 0 aromatic carbocycles. The summed E-state index contributed by atoms with van der Waals surface area (Å²) in [4.78, 5) is 15.4. The van der Waals surface area contributed by atoms with Gasteiger partial charge in [0.05, 0.1) is 5.41 Å². The van der Waals surface area contributed by atoms with Gasteiger partial charge in [0, 0.05) is 25.5 Å². The molecule has 4 aromatic heterocycles. The summed E-state index contributed by atoms with van der Waals surface area (Å²) in [6, 6.07) is 6.89. The fourth-order valence-electron chi connectivity index (χ4n) is 3.54. The second-order valence-corrected chi connectivity index (χ2v) is 7.52. The van der Waals surface area contributed by atoms with E-state index in [1.54, 1.807) is 35.6 Å². The molecule has 6 nitrogen and oxygen atoms in total. The maximum absolute atomic E-state index is 14.1. The van der Waals surface area contributed by atoms with Crippen LogP contribution in [0.15, 0.2) is 24.5 Å². The van der Waals surface area contributed by atoms with Gasteiger partial charge in [0.2, 0.25) is 0 Å². The summed E-state index contributed by atoms with van der Waals surface area (Å²) in [6.45, 7) is 3.69. The van der Waals surface area contributed by atoms with Gasteiger partial charge >= 0.3 is 21.1 Å². The molecule has 0 saturated carbocycles. The number of rotatable bonds is 4. The summed E-state index contributed by atoms with van der Waals surface area (Å²) in [5.74, 6) is -2.95. The summed E-state index contributed by atoms with van der Waals surface area (Å²) in [6.07, 6.45) is 3.15. The van der Waals surface area contributed by atoms with E-state index < -0.39 is 29.2 Å². The molecular formula is C21H16F4N6Pt. The first-order valence-corrected chi connectivity index (χ1v) is 9.13. The molecule has 0 unspecified atom stereocenters. The van der Waals surface area contributed by atoms with E-state index >= 15 is 0 Å². The normalized spacial score (nSPS) is 11.5. The Hall–Kier alpha value is -2.87. The number of aryl methyl sites for hydroxylation is 2. The topological polar surface area (TPSA) is 61.4 Å². The number of imidazole rings is 2. The number of aromatic nitrogens is 6. The van der Waals surface area contributed by atoms with Crippen molar-refractivity contribution in [2.75, 3.05) is 0 Å². The molecule has 0 saturated heterocycles. The average molecular weight is 623 g/mol. The molecule has 0 spiro atoms. The Bertz CT molecular complexity index is 1200. The molecule has 0 bridgehead atoms. The van der Waals surface area contributed by atoms with Crippen LogP contribution >= 0.6 is 0 Å². The van der Waals surface area contributed by atoms with E-state index in [9.17, 15) is 17.6 Å². The van der Waals surface area contributed by atoms with E-state index in [-0.39, 0.29) is 43.6 Å². The number of hydrogen-bond acceptors (Lipinski definition) is 4. The van der Waals surface area contributed by atoms with Gasteiger partial charge in [0.25, 0.3) is 0 Å². The monoisotopic (exact) mass is 623 g/mol. The van der Waals surface area contributed by atoms with E-state index in [0.717, 1.165) is 12.1 Å². The van der Waals surface area contributed by atoms with Gasteiger partial charge in [-0.3, -0.25) is 19.9 Å². The zero-order valence-electron chi connectivity index (χ0n) is 17.3. The smallest absolute Gasteiger partial charge is 0.346 e. The summed E-state index contributed by atoms with van der Waals surface area (Å²) >= 11 is 0. The second kappa shape index (κ2) is 8.58. The fraction of sp³-hybridized carbons (Fsp3) is 0.238. The largest absolute Gasteiger partial charge is 2.00 e. The molecule has 0 aliphatic rings. The Morgan fingerprint density at radius 3 is 1.44 bits per heavy atom. The van der Waals surface area contributed by atoms with Crippen molar-refractivity contribution in [3.8, 4) is 22.5 Å². The minimum atomic E-state index is -1.02. The van der Waals surface area contributed by atoms with Crippen LogP contribution in [0.1, 0.15) is 25.5 Å². The third-order valence-electron chi connectivity index (χ3n) is 4.88. The number of halogens is 4. The van der Waals surface area contributed by atoms with Crippen molar-refractivity contribution in [2.45, 2.75) is 19.3 Å². The van der Waals surface area contributed by atoms with E-state index in [0.29, 0.717) is 11.6 Å². The molecule has 4 rings (SSSR count). The molecule has 32 heavy (non-hydrogen) atoms. The predicted molar refractivity (Wildman–Crippen MR) is 103 cm³/mol. The van der Waals surface area contributed by atoms with Gasteiger partial charge in [-0.1, -0.05) is 23.3 Å². The van der Waals surface area contributed by atoms with Gasteiger partial charge in [-0.05, 0) is 26.2 Å². The van der Waals surface area contributed by atoms with Crippen LogP contribution in [0.4, 0.5) is 17.6 Å². The van der Waals surface area contributed by atoms with Crippen LogP contribution in [0.3, 0.4) is 0 Å². The number of pyridine rings is 2. The van der Waals surface area contributed by atoms with E-state index in [1.165, 1.54) is 0 Å². The fourth-order valence-corrected chi connectivity index (χ4v) is 3.54. The molecule has 0 N–H and O–H groups in total. The van der Waals surface area contributed by atoms with E-state index in [2.05, 4.69) is 32.1 Å². The second-order valence-electron chi connectivity index (χ2n) is 7.52. The molecule has 168 valence electrons. The Kier molecular flexibility index (Phi) is 6.37. The van der Waals surface area contributed by atoms with Crippen molar-refractivity contribution in [3.63, 3.8) is 0 Å². The van der Waals surface area contributed by atoms with Crippen LogP contribution in [-0.4, -0.2) is 29.1 Å². The number of nitrogens with zero attached hydrogens (tertiary/aromatic N) is 6. The predicted octanol–water partition coefficient (Wildman–Crippen LogP) is 3.76. The molecule has 0 amide bonds. The van der Waals surface area contributed by atoms with Crippen LogP contribution in [-0.2, 0) is 40.6 Å². The maximum atomic E-state index is 14.1. The molecule has 4 aromatic rings. The van der Waals surface area contributed by atoms with Crippen molar-refractivity contribution in [1.29, 1.82) is 0 Å². The summed E-state index contributed by atoms with van der Waals surface area (Å²) < 4.78 is 57.8. The molecule has 4 heterocycles. The summed E-state index contributed by atoms with van der Waals surface area (Å²) in [5, 5.41) is 0. The van der Waals surface area contributed by atoms with Crippen molar-refractivity contribution >= 4 is 0 Å². The van der Waals surface area contributed by atoms with Gasteiger partial charge in [-0.25, -0.2) is 17.6 Å². The van der Waals surface area contributed by atoms with Crippen LogP contribution in [0.2, 0.25) is 0 Å². The van der Waals surface area contributed by atoms with Gasteiger partial charge in [-0.2, -0.15) is 0 Å². The van der Waals surface area contributed by atoms with Crippen molar-refractivity contribution in [3.05, 3.63) is 72.1 Å². The molecule has 11 heteroatoms. The third-order valence-corrected chi connectivity index (χ3v) is 4.88. The van der Waals surface area contributed by atoms with Gasteiger partial charge in [-0.15, -0.1) is 12.1 Å². The Morgan fingerprint density at radius 2 is 1.09 bits per heavy atom. The van der Waals surface area contributed by atoms with Crippen LogP contribution < -0.4 is 0 Å². The van der Waals surface area contributed by atoms with Crippen LogP contribution in [0.5, 0.6) is 0 Å². The minimum Gasteiger partial charge on any atom is -0.346 e. The van der Waals surface area contributed by atoms with Gasteiger partial charge < -0.3 is 9.13 Å². The summed E-state index contributed by atoms with van der Waals surface area (Å²) in [5.41, 5.74) is -0.477. The van der Waals surface area contributed by atoms with E-state index in [1.807, 2.05) is 13.8 Å². The quantitative estimate of drug-likeness (QED) is 0.198. The molecule has 0 radical (unpaired) electrons.